The number of halogens is 1. The van der Waals surface area contributed by atoms with E-state index in [4.69, 9.17) is 5.73 Å². The summed E-state index contributed by atoms with van der Waals surface area (Å²) >= 11 is 0. The van der Waals surface area contributed by atoms with Crippen LogP contribution < -0.4 is 5.73 Å². The molecule has 1 aliphatic rings. The van der Waals surface area contributed by atoms with Gasteiger partial charge in [-0.15, -0.1) is 0 Å². The first-order chi connectivity index (χ1) is 9.74. The second-order valence-corrected chi connectivity index (χ2v) is 5.62. The molecule has 2 aromatic rings. The quantitative estimate of drug-likeness (QED) is 0.893. The number of hydrogen-bond acceptors (Lipinski definition) is 2. The number of imidazole rings is 1. The van der Waals surface area contributed by atoms with Gasteiger partial charge in [0.15, 0.2) is 0 Å². The van der Waals surface area contributed by atoms with E-state index >= 15 is 0 Å². The Morgan fingerprint density at radius 2 is 2.05 bits per heavy atom. The zero-order chi connectivity index (χ0) is 13.9. The highest BCUT2D eigenvalue weighted by Gasteiger charge is 2.24. The van der Waals surface area contributed by atoms with E-state index in [0.717, 1.165) is 17.1 Å². The molecular formula is C16H20FN3. The minimum absolute atomic E-state index is 0.0439. The van der Waals surface area contributed by atoms with E-state index in [-0.39, 0.29) is 11.9 Å². The van der Waals surface area contributed by atoms with E-state index in [2.05, 4.69) is 9.97 Å². The summed E-state index contributed by atoms with van der Waals surface area (Å²) in [6, 6.07) is 6.47. The predicted octanol–water partition coefficient (Wildman–Crippen LogP) is 3.80. The van der Waals surface area contributed by atoms with Gasteiger partial charge in [-0.2, -0.15) is 0 Å². The Labute approximate surface area is 118 Å². The molecule has 1 saturated carbocycles. The van der Waals surface area contributed by atoms with Gasteiger partial charge in [-0.25, -0.2) is 9.37 Å². The number of nitrogens with one attached hydrogen (secondary N) is 1. The standard InChI is InChI=1S/C16H20FN3/c17-13-8-4-7-12(9-13)14-10-19-16(20-14)15(18)11-5-2-1-3-6-11/h4,7-11,15H,1-3,5-6,18H2,(H,19,20)/t15-/m0/s1. The number of aromatic amines is 1. The van der Waals surface area contributed by atoms with Crippen LogP contribution >= 0.6 is 0 Å². The molecule has 0 amide bonds. The summed E-state index contributed by atoms with van der Waals surface area (Å²) in [5.74, 6) is 1.08. The van der Waals surface area contributed by atoms with Gasteiger partial charge in [0.05, 0.1) is 17.9 Å². The smallest absolute Gasteiger partial charge is 0.123 e. The molecule has 3 rings (SSSR count). The van der Waals surface area contributed by atoms with Crippen molar-refractivity contribution >= 4 is 0 Å². The van der Waals surface area contributed by atoms with Gasteiger partial charge in [-0.1, -0.05) is 31.4 Å². The first-order valence-corrected chi connectivity index (χ1v) is 7.30. The van der Waals surface area contributed by atoms with Crippen LogP contribution in [0.5, 0.6) is 0 Å². The Hall–Kier alpha value is -1.68. The second kappa shape index (κ2) is 5.75. The lowest BCUT2D eigenvalue weighted by molar-refractivity contribution is 0.302. The molecule has 1 aliphatic carbocycles. The fraction of sp³-hybridized carbons (Fsp3) is 0.438. The Morgan fingerprint density at radius 1 is 1.25 bits per heavy atom. The molecule has 1 aromatic carbocycles. The van der Waals surface area contributed by atoms with Crippen molar-refractivity contribution in [3.63, 3.8) is 0 Å². The highest BCUT2D eigenvalue weighted by molar-refractivity contribution is 5.58. The average molecular weight is 273 g/mol. The maximum absolute atomic E-state index is 13.3. The average Bonchev–Trinajstić information content (AvgIpc) is 2.97. The molecule has 1 aromatic heterocycles. The summed E-state index contributed by atoms with van der Waals surface area (Å²) in [5.41, 5.74) is 7.95. The van der Waals surface area contributed by atoms with E-state index in [0.29, 0.717) is 5.92 Å². The van der Waals surface area contributed by atoms with Crippen LogP contribution in [0, 0.1) is 11.7 Å². The topological polar surface area (TPSA) is 54.7 Å². The van der Waals surface area contributed by atoms with Gasteiger partial charge in [-0.05, 0) is 30.9 Å². The predicted molar refractivity (Wildman–Crippen MR) is 77.5 cm³/mol. The SMILES string of the molecule is N[C@H](c1ncc(-c2cccc(F)c2)[nH]1)C1CCCCC1. The fourth-order valence-corrected chi connectivity index (χ4v) is 3.03. The maximum Gasteiger partial charge on any atom is 0.123 e. The summed E-state index contributed by atoms with van der Waals surface area (Å²) in [6.07, 6.45) is 7.93. The van der Waals surface area contributed by atoms with Gasteiger partial charge in [0.25, 0.3) is 0 Å². The normalized spacial score (nSPS) is 18.1. The van der Waals surface area contributed by atoms with Gasteiger partial charge < -0.3 is 10.7 Å². The lowest BCUT2D eigenvalue weighted by Gasteiger charge is -2.26. The molecule has 20 heavy (non-hydrogen) atoms. The molecule has 106 valence electrons. The molecule has 0 unspecified atom stereocenters. The van der Waals surface area contributed by atoms with E-state index in [1.165, 1.54) is 44.2 Å². The summed E-state index contributed by atoms with van der Waals surface area (Å²) in [6.45, 7) is 0. The van der Waals surface area contributed by atoms with Crippen LogP contribution in [0.2, 0.25) is 0 Å². The molecule has 0 radical (unpaired) electrons. The molecule has 1 fully saturated rings. The highest BCUT2D eigenvalue weighted by atomic mass is 19.1. The molecule has 0 aliphatic heterocycles. The lowest BCUT2D eigenvalue weighted by Crippen LogP contribution is -2.24. The van der Waals surface area contributed by atoms with Crippen LogP contribution in [0.15, 0.2) is 30.5 Å². The van der Waals surface area contributed by atoms with Crippen molar-refractivity contribution in [2.45, 2.75) is 38.1 Å². The molecule has 1 atom stereocenters. The number of hydrogen-bond donors (Lipinski definition) is 2. The molecule has 1 heterocycles. The minimum Gasteiger partial charge on any atom is -0.341 e. The maximum atomic E-state index is 13.3. The molecule has 4 heteroatoms. The van der Waals surface area contributed by atoms with Crippen LogP contribution in [-0.4, -0.2) is 9.97 Å². The summed E-state index contributed by atoms with van der Waals surface area (Å²) in [7, 11) is 0. The van der Waals surface area contributed by atoms with Crippen molar-refractivity contribution in [1.29, 1.82) is 0 Å². The number of nitrogens with zero attached hydrogens (tertiary/aromatic N) is 1. The van der Waals surface area contributed by atoms with Crippen molar-refractivity contribution in [1.82, 2.24) is 9.97 Å². The van der Waals surface area contributed by atoms with Crippen molar-refractivity contribution in [3.05, 3.63) is 42.1 Å². The van der Waals surface area contributed by atoms with Crippen molar-refractivity contribution < 1.29 is 4.39 Å². The molecule has 0 spiro atoms. The highest BCUT2D eigenvalue weighted by Crippen LogP contribution is 2.32. The number of aromatic nitrogens is 2. The number of nitrogens with two attached hydrogens (primary N) is 1. The molecule has 0 bridgehead atoms. The molecule has 3 N–H and O–H groups in total. The Kier molecular flexibility index (Phi) is 3.83. The van der Waals surface area contributed by atoms with Gasteiger partial charge in [-0.3, -0.25) is 0 Å². The number of rotatable bonds is 3. The van der Waals surface area contributed by atoms with E-state index in [1.807, 2.05) is 6.07 Å². The van der Waals surface area contributed by atoms with Gasteiger partial charge in [0.1, 0.15) is 11.6 Å². The third kappa shape index (κ3) is 2.75. The van der Waals surface area contributed by atoms with E-state index < -0.39 is 0 Å². The van der Waals surface area contributed by atoms with Crippen LogP contribution in [-0.2, 0) is 0 Å². The number of H-pyrrole nitrogens is 1. The van der Waals surface area contributed by atoms with Gasteiger partial charge in [0, 0.05) is 5.56 Å². The van der Waals surface area contributed by atoms with E-state index in [1.54, 1.807) is 12.3 Å². The van der Waals surface area contributed by atoms with Crippen molar-refractivity contribution in [2.24, 2.45) is 11.7 Å². The third-order valence-corrected chi connectivity index (χ3v) is 4.20. The van der Waals surface area contributed by atoms with Crippen LogP contribution in [0.1, 0.15) is 44.0 Å². The number of benzene rings is 1. The third-order valence-electron chi connectivity index (χ3n) is 4.20. The summed E-state index contributed by atoms with van der Waals surface area (Å²) < 4.78 is 13.3. The van der Waals surface area contributed by atoms with Gasteiger partial charge >= 0.3 is 0 Å². The molecule has 3 nitrogen and oxygen atoms in total. The zero-order valence-corrected chi connectivity index (χ0v) is 11.5. The Morgan fingerprint density at radius 3 is 2.80 bits per heavy atom. The Bertz CT molecular complexity index is 573. The molecular weight excluding hydrogens is 253 g/mol. The Balaban J connectivity index is 1.79. The lowest BCUT2D eigenvalue weighted by atomic mass is 9.84. The van der Waals surface area contributed by atoms with E-state index in [9.17, 15) is 4.39 Å². The molecule has 0 saturated heterocycles. The van der Waals surface area contributed by atoms with Crippen LogP contribution in [0.3, 0.4) is 0 Å². The van der Waals surface area contributed by atoms with Crippen LogP contribution in [0.4, 0.5) is 4.39 Å². The fourth-order valence-electron chi connectivity index (χ4n) is 3.03. The minimum atomic E-state index is -0.241. The second-order valence-electron chi connectivity index (χ2n) is 5.62. The first kappa shape index (κ1) is 13.3. The zero-order valence-electron chi connectivity index (χ0n) is 11.5. The van der Waals surface area contributed by atoms with Crippen molar-refractivity contribution in [3.8, 4) is 11.3 Å². The van der Waals surface area contributed by atoms with Gasteiger partial charge in [0.2, 0.25) is 0 Å². The summed E-state index contributed by atoms with van der Waals surface area (Å²) in [4.78, 5) is 7.65. The first-order valence-electron chi connectivity index (χ1n) is 7.30. The van der Waals surface area contributed by atoms with Crippen molar-refractivity contribution in [2.75, 3.05) is 0 Å². The summed E-state index contributed by atoms with van der Waals surface area (Å²) in [5, 5.41) is 0. The van der Waals surface area contributed by atoms with Crippen LogP contribution in [0.25, 0.3) is 11.3 Å². The largest absolute Gasteiger partial charge is 0.341 e. The monoisotopic (exact) mass is 273 g/mol.